The Kier molecular flexibility index (Phi) is 3.56. The third-order valence-electron chi connectivity index (χ3n) is 3.29. The van der Waals surface area contributed by atoms with Gasteiger partial charge in [0.2, 0.25) is 0 Å². The van der Waals surface area contributed by atoms with Gasteiger partial charge in [-0.15, -0.1) is 5.10 Å². The summed E-state index contributed by atoms with van der Waals surface area (Å²) in [6.45, 7) is 2.41. The largest absolute Gasteiger partial charge is 0.325 e. The Morgan fingerprint density at radius 1 is 1.44 bits per heavy atom. The molecule has 5 heteroatoms. The summed E-state index contributed by atoms with van der Waals surface area (Å²) in [6.07, 6.45) is 3.86. The molecule has 2 rings (SSSR count). The highest BCUT2D eigenvalue weighted by Crippen LogP contribution is 2.37. The molecule has 5 nitrogen and oxygen atoms in total. The van der Waals surface area contributed by atoms with Gasteiger partial charge in [-0.2, -0.15) is 0 Å². The molecule has 0 radical (unpaired) electrons. The summed E-state index contributed by atoms with van der Waals surface area (Å²) in [4.78, 5) is 2.16. The van der Waals surface area contributed by atoms with Crippen molar-refractivity contribution in [1.29, 1.82) is 0 Å². The van der Waals surface area contributed by atoms with E-state index in [0.717, 1.165) is 18.8 Å². The first kappa shape index (κ1) is 11.5. The van der Waals surface area contributed by atoms with Crippen molar-refractivity contribution in [2.75, 3.05) is 20.6 Å². The molecule has 0 saturated heterocycles. The molecule has 1 saturated carbocycles. The van der Waals surface area contributed by atoms with Crippen LogP contribution in [0.2, 0.25) is 0 Å². The molecule has 0 amide bonds. The third-order valence-corrected chi connectivity index (χ3v) is 3.29. The average Bonchev–Trinajstić information content (AvgIpc) is 2.55. The highest BCUT2D eigenvalue weighted by molar-refractivity contribution is 5.17. The molecular formula is C11H21N5. The van der Waals surface area contributed by atoms with Gasteiger partial charge in [0.25, 0.3) is 0 Å². The van der Waals surface area contributed by atoms with E-state index in [1.807, 2.05) is 4.68 Å². The lowest BCUT2D eigenvalue weighted by Gasteiger charge is -2.26. The molecule has 1 aromatic rings. The molecule has 0 spiro atoms. The summed E-state index contributed by atoms with van der Waals surface area (Å²) in [7, 11) is 4.15. The second kappa shape index (κ2) is 4.93. The van der Waals surface area contributed by atoms with Crippen molar-refractivity contribution < 1.29 is 0 Å². The van der Waals surface area contributed by atoms with Gasteiger partial charge >= 0.3 is 0 Å². The fourth-order valence-corrected chi connectivity index (χ4v) is 2.09. The Bertz CT molecular complexity index is 340. The minimum Gasteiger partial charge on any atom is -0.325 e. The Morgan fingerprint density at radius 2 is 2.19 bits per heavy atom. The third kappa shape index (κ3) is 2.25. The van der Waals surface area contributed by atoms with Gasteiger partial charge in [0.15, 0.2) is 0 Å². The number of nitrogens with zero attached hydrogens (tertiary/aromatic N) is 4. The lowest BCUT2D eigenvalue weighted by atomic mass is 9.82. The fourth-order valence-electron chi connectivity index (χ4n) is 2.09. The number of nitrogens with two attached hydrogens (primary N) is 1. The molecule has 16 heavy (non-hydrogen) atoms. The molecule has 90 valence electrons. The van der Waals surface area contributed by atoms with Gasteiger partial charge < -0.3 is 10.6 Å². The molecule has 0 atom stereocenters. The number of aromatic nitrogens is 3. The van der Waals surface area contributed by atoms with Crippen molar-refractivity contribution in [2.45, 2.75) is 38.3 Å². The Balaban J connectivity index is 2.13. The van der Waals surface area contributed by atoms with Crippen LogP contribution in [-0.4, -0.2) is 40.5 Å². The van der Waals surface area contributed by atoms with Crippen molar-refractivity contribution in [1.82, 2.24) is 19.9 Å². The van der Waals surface area contributed by atoms with Gasteiger partial charge in [-0.3, -0.25) is 0 Å². The topological polar surface area (TPSA) is 60.0 Å². The monoisotopic (exact) mass is 223 g/mol. The van der Waals surface area contributed by atoms with Gasteiger partial charge in [0.1, 0.15) is 0 Å². The van der Waals surface area contributed by atoms with Crippen LogP contribution in [0.15, 0.2) is 0 Å². The van der Waals surface area contributed by atoms with E-state index in [1.165, 1.54) is 25.0 Å². The van der Waals surface area contributed by atoms with Crippen molar-refractivity contribution >= 4 is 0 Å². The molecule has 1 fully saturated rings. The van der Waals surface area contributed by atoms with Crippen LogP contribution >= 0.6 is 0 Å². The van der Waals surface area contributed by atoms with Gasteiger partial charge in [0.05, 0.1) is 17.9 Å². The minimum absolute atomic E-state index is 0.508. The maximum absolute atomic E-state index is 5.71. The van der Waals surface area contributed by atoms with E-state index in [1.54, 1.807) is 0 Å². The van der Waals surface area contributed by atoms with E-state index >= 15 is 0 Å². The van der Waals surface area contributed by atoms with Crippen LogP contribution in [0.3, 0.4) is 0 Å². The minimum atomic E-state index is 0.508. The predicted octanol–water partition coefficient (Wildman–Crippen LogP) is 0.566. The normalized spacial score (nSPS) is 16.8. The van der Waals surface area contributed by atoms with Crippen molar-refractivity contribution in [2.24, 2.45) is 5.73 Å². The van der Waals surface area contributed by atoms with E-state index in [-0.39, 0.29) is 0 Å². The van der Waals surface area contributed by atoms with Crippen molar-refractivity contribution in [3.8, 4) is 0 Å². The maximum atomic E-state index is 5.71. The molecule has 1 aromatic heterocycles. The summed E-state index contributed by atoms with van der Waals surface area (Å²) in [5.41, 5.74) is 7.99. The van der Waals surface area contributed by atoms with E-state index in [4.69, 9.17) is 5.73 Å². The molecule has 0 aromatic carbocycles. The van der Waals surface area contributed by atoms with Crippen LogP contribution in [0.5, 0.6) is 0 Å². The zero-order chi connectivity index (χ0) is 11.5. The number of likely N-dealkylation sites (N-methyl/N-ethyl adjacent to an activating group) is 1. The second-order valence-electron chi connectivity index (χ2n) is 4.78. The quantitative estimate of drug-likeness (QED) is 0.792. The van der Waals surface area contributed by atoms with Crippen LogP contribution in [0, 0.1) is 0 Å². The fraction of sp³-hybridized carbons (Fsp3) is 0.818. The molecule has 0 aliphatic heterocycles. The molecular weight excluding hydrogens is 202 g/mol. The molecule has 2 N–H and O–H groups in total. The van der Waals surface area contributed by atoms with Crippen LogP contribution in [0.25, 0.3) is 0 Å². The summed E-state index contributed by atoms with van der Waals surface area (Å²) >= 11 is 0. The smallest absolute Gasteiger partial charge is 0.0997 e. The molecule has 1 aliphatic rings. The predicted molar refractivity (Wildman–Crippen MR) is 63.1 cm³/mol. The number of rotatable bonds is 5. The van der Waals surface area contributed by atoms with Crippen molar-refractivity contribution in [3.05, 3.63) is 11.4 Å². The standard InChI is InChI=1S/C11H21N5/c1-15(2)6-7-16-11(9-4-3-5-9)10(8-12)13-14-16/h9H,3-8,12H2,1-2H3. The van der Waals surface area contributed by atoms with Crippen molar-refractivity contribution in [3.63, 3.8) is 0 Å². The van der Waals surface area contributed by atoms with E-state index < -0.39 is 0 Å². The lowest BCUT2D eigenvalue weighted by Crippen LogP contribution is -2.23. The first-order valence-corrected chi connectivity index (χ1v) is 5.99. The zero-order valence-corrected chi connectivity index (χ0v) is 10.2. The van der Waals surface area contributed by atoms with Crippen LogP contribution in [0.4, 0.5) is 0 Å². The van der Waals surface area contributed by atoms with Gasteiger partial charge in [-0.25, -0.2) is 4.68 Å². The highest BCUT2D eigenvalue weighted by Gasteiger charge is 2.26. The first-order chi connectivity index (χ1) is 7.72. The van der Waals surface area contributed by atoms with Crippen LogP contribution in [-0.2, 0) is 13.1 Å². The Hall–Kier alpha value is -0.940. The van der Waals surface area contributed by atoms with E-state index in [2.05, 4.69) is 29.3 Å². The van der Waals surface area contributed by atoms with Gasteiger partial charge in [-0.05, 0) is 26.9 Å². The SMILES string of the molecule is CN(C)CCn1nnc(CN)c1C1CCC1. The maximum Gasteiger partial charge on any atom is 0.0997 e. The van der Waals surface area contributed by atoms with Crippen LogP contribution < -0.4 is 5.73 Å². The highest BCUT2D eigenvalue weighted by atomic mass is 15.4. The van der Waals surface area contributed by atoms with E-state index in [9.17, 15) is 0 Å². The van der Waals surface area contributed by atoms with Gasteiger partial charge in [0, 0.05) is 19.0 Å². The summed E-state index contributed by atoms with van der Waals surface area (Å²) in [6, 6.07) is 0. The first-order valence-electron chi connectivity index (χ1n) is 5.99. The summed E-state index contributed by atoms with van der Waals surface area (Å²) in [5.74, 6) is 0.649. The zero-order valence-electron chi connectivity index (χ0n) is 10.2. The summed E-state index contributed by atoms with van der Waals surface area (Å²) < 4.78 is 2.05. The Morgan fingerprint density at radius 3 is 2.69 bits per heavy atom. The molecule has 1 heterocycles. The number of hydrogen-bond donors (Lipinski definition) is 1. The Labute approximate surface area is 96.6 Å². The van der Waals surface area contributed by atoms with Crippen LogP contribution in [0.1, 0.15) is 36.6 Å². The lowest BCUT2D eigenvalue weighted by molar-refractivity contribution is 0.343. The van der Waals surface area contributed by atoms with Gasteiger partial charge in [-0.1, -0.05) is 11.6 Å². The molecule has 0 unspecified atom stereocenters. The second-order valence-corrected chi connectivity index (χ2v) is 4.78. The molecule has 1 aliphatic carbocycles. The van der Waals surface area contributed by atoms with E-state index in [0.29, 0.717) is 12.5 Å². The average molecular weight is 223 g/mol. The number of hydrogen-bond acceptors (Lipinski definition) is 4. The molecule has 0 bridgehead atoms. The summed E-state index contributed by atoms with van der Waals surface area (Å²) in [5, 5.41) is 8.41.